The Balaban J connectivity index is 0.00000729. The molecule has 9 heteroatoms. The van der Waals surface area contributed by atoms with Crippen LogP contribution in [0.1, 0.15) is 27.2 Å². The molecule has 0 saturated carbocycles. The topological polar surface area (TPSA) is 77.0 Å². The maximum Gasteiger partial charge on any atom is 0.242 e. The summed E-state index contributed by atoms with van der Waals surface area (Å²) in [6.45, 7) is 8.55. The smallest absolute Gasteiger partial charge is 0.242 e. The molecule has 0 aromatic heterocycles. The quantitative estimate of drug-likeness (QED) is 0.273. The van der Waals surface area contributed by atoms with E-state index in [-0.39, 0.29) is 48.8 Å². The number of hydrogen-bond donors (Lipinski definition) is 2. The average molecular weight is 568 g/mol. The highest BCUT2D eigenvalue weighted by Gasteiger charge is 2.15. The Kier molecular flexibility index (Phi) is 13.9. The number of benzene rings is 1. The summed E-state index contributed by atoms with van der Waals surface area (Å²) in [6.07, 6.45) is 0.267. The Bertz CT molecular complexity index is 636. The summed E-state index contributed by atoms with van der Waals surface area (Å²) in [7, 11) is 1.82. The number of guanidine groups is 1. The van der Waals surface area contributed by atoms with Gasteiger partial charge in [-0.05, 0) is 45.0 Å². The van der Waals surface area contributed by atoms with Crippen LogP contribution in [0.4, 0.5) is 5.69 Å². The Morgan fingerprint density at radius 1 is 1.11 bits per heavy atom. The third kappa shape index (κ3) is 9.72. The second-order valence-electron chi connectivity index (χ2n) is 5.96. The number of rotatable bonds is 9. The zero-order chi connectivity index (χ0) is 20.2. The summed E-state index contributed by atoms with van der Waals surface area (Å²) in [5.74, 6) is 0.578. The molecule has 0 aliphatic carbocycles. The number of carbonyl (C=O) groups excluding carboxylic acids is 2. The first-order chi connectivity index (χ1) is 12.9. The van der Waals surface area contributed by atoms with Gasteiger partial charge >= 0.3 is 0 Å². The van der Waals surface area contributed by atoms with Gasteiger partial charge in [-0.1, -0.05) is 15.9 Å². The van der Waals surface area contributed by atoms with Crippen LogP contribution in [0.25, 0.3) is 0 Å². The fourth-order valence-electron chi connectivity index (χ4n) is 2.44. The lowest BCUT2D eigenvalue weighted by molar-refractivity contribution is -0.131. The van der Waals surface area contributed by atoms with Crippen LogP contribution in [0.2, 0.25) is 0 Å². The van der Waals surface area contributed by atoms with Gasteiger partial charge in [0, 0.05) is 43.3 Å². The second-order valence-corrected chi connectivity index (χ2v) is 6.88. The van der Waals surface area contributed by atoms with Crippen LogP contribution in [0.3, 0.4) is 0 Å². The molecule has 0 aliphatic rings. The number of anilines is 1. The van der Waals surface area contributed by atoms with Crippen LogP contribution < -0.4 is 10.6 Å². The van der Waals surface area contributed by atoms with Crippen LogP contribution in [-0.2, 0) is 9.59 Å². The fourth-order valence-corrected chi connectivity index (χ4v) is 2.71. The van der Waals surface area contributed by atoms with E-state index in [1.807, 2.05) is 52.1 Å². The minimum atomic E-state index is -0.0983. The summed E-state index contributed by atoms with van der Waals surface area (Å²) in [5, 5.41) is 6.00. The van der Waals surface area contributed by atoms with Crippen molar-refractivity contribution in [3.63, 3.8) is 0 Å². The molecular formula is C19H31BrIN5O2. The fraction of sp³-hybridized carbons (Fsp3) is 0.526. The van der Waals surface area contributed by atoms with Gasteiger partial charge in [-0.3, -0.25) is 14.6 Å². The Morgan fingerprint density at radius 3 is 2.25 bits per heavy atom. The molecular weight excluding hydrogens is 537 g/mol. The van der Waals surface area contributed by atoms with Crippen LogP contribution in [0.15, 0.2) is 33.7 Å². The van der Waals surface area contributed by atoms with Crippen LogP contribution >= 0.6 is 39.9 Å². The first-order valence-electron chi connectivity index (χ1n) is 9.23. The molecule has 2 amide bonds. The van der Waals surface area contributed by atoms with Crippen LogP contribution in [0, 0.1) is 0 Å². The second kappa shape index (κ2) is 14.6. The van der Waals surface area contributed by atoms with E-state index < -0.39 is 0 Å². The van der Waals surface area contributed by atoms with E-state index in [2.05, 4.69) is 31.6 Å². The first-order valence-corrected chi connectivity index (χ1v) is 10.0. The lowest BCUT2D eigenvalue weighted by atomic mass is 10.3. The number of likely N-dealkylation sites (N-methyl/N-ethyl adjacent to an activating group) is 2. The van der Waals surface area contributed by atoms with E-state index in [0.29, 0.717) is 32.1 Å². The molecule has 1 aromatic rings. The Labute approximate surface area is 193 Å². The molecule has 1 aromatic carbocycles. The Morgan fingerprint density at radius 2 is 1.71 bits per heavy atom. The maximum absolute atomic E-state index is 12.3. The largest absolute Gasteiger partial charge is 0.357 e. The highest BCUT2D eigenvalue weighted by molar-refractivity contribution is 14.0. The molecule has 0 aliphatic heterocycles. The van der Waals surface area contributed by atoms with Gasteiger partial charge in [0.25, 0.3) is 0 Å². The molecule has 0 fully saturated rings. The van der Waals surface area contributed by atoms with Gasteiger partial charge in [-0.15, -0.1) is 24.0 Å². The molecule has 0 radical (unpaired) electrons. The van der Waals surface area contributed by atoms with E-state index in [9.17, 15) is 9.59 Å². The number of carbonyl (C=O) groups is 2. The van der Waals surface area contributed by atoms with Gasteiger partial charge in [-0.25, -0.2) is 0 Å². The summed E-state index contributed by atoms with van der Waals surface area (Å²) in [5.41, 5.74) is 0.751. The van der Waals surface area contributed by atoms with Gasteiger partial charge < -0.3 is 20.4 Å². The average Bonchev–Trinajstić information content (AvgIpc) is 2.64. The third-order valence-corrected chi connectivity index (χ3v) is 4.44. The lowest BCUT2D eigenvalue weighted by Crippen LogP contribution is -2.45. The van der Waals surface area contributed by atoms with Crippen LogP contribution in [0.5, 0.6) is 0 Å². The van der Waals surface area contributed by atoms with Crippen molar-refractivity contribution in [2.45, 2.75) is 27.2 Å². The molecule has 158 valence electrons. The minimum Gasteiger partial charge on any atom is -0.357 e. The molecule has 7 nitrogen and oxygen atoms in total. The highest BCUT2D eigenvalue weighted by atomic mass is 127. The molecule has 0 unspecified atom stereocenters. The molecule has 0 atom stereocenters. The zero-order valence-corrected chi connectivity index (χ0v) is 20.9. The van der Waals surface area contributed by atoms with Crippen molar-refractivity contribution in [1.82, 2.24) is 15.1 Å². The first kappa shape index (κ1) is 26.6. The van der Waals surface area contributed by atoms with E-state index in [0.717, 1.165) is 10.2 Å². The number of hydrogen-bond acceptors (Lipinski definition) is 3. The number of nitrogens with one attached hydrogen (secondary N) is 2. The molecule has 28 heavy (non-hydrogen) atoms. The normalized spacial score (nSPS) is 10.7. The van der Waals surface area contributed by atoms with Crippen LogP contribution in [-0.4, -0.2) is 67.3 Å². The number of nitrogens with zero attached hydrogens (tertiary/aromatic N) is 3. The SMILES string of the molecule is CCNC(=NCCC(=O)Nc1ccc(Br)cc1)N(C)CC(=O)N(CC)CC.I. The van der Waals surface area contributed by atoms with E-state index in [4.69, 9.17) is 0 Å². The predicted octanol–water partition coefficient (Wildman–Crippen LogP) is 3.16. The number of amides is 2. The molecule has 0 bridgehead atoms. The highest BCUT2D eigenvalue weighted by Crippen LogP contribution is 2.14. The molecule has 0 heterocycles. The van der Waals surface area contributed by atoms with Crippen molar-refractivity contribution in [3.8, 4) is 0 Å². The summed E-state index contributed by atoms with van der Waals surface area (Å²) in [4.78, 5) is 32.4. The zero-order valence-electron chi connectivity index (χ0n) is 17.0. The summed E-state index contributed by atoms with van der Waals surface area (Å²) < 4.78 is 0.961. The molecule has 2 N–H and O–H groups in total. The van der Waals surface area contributed by atoms with Gasteiger partial charge in [-0.2, -0.15) is 0 Å². The lowest BCUT2D eigenvalue weighted by Gasteiger charge is -2.25. The van der Waals surface area contributed by atoms with Crippen molar-refractivity contribution < 1.29 is 9.59 Å². The third-order valence-electron chi connectivity index (χ3n) is 3.91. The van der Waals surface area contributed by atoms with Crippen molar-refractivity contribution >= 4 is 63.4 Å². The summed E-state index contributed by atoms with van der Waals surface area (Å²) >= 11 is 3.36. The van der Waals surface area contributed by atoms with E-state index in [1.165, 1.54) is 0 Å². The maximum atomic E-state index is 12.3. The Hall–Kier alpha value is -1.36. The van der Waals surface area contributed by atoms with Crippen molar-refractivity contribution in [2.24, 2.45) is 4.99 Å². The molecule has 1 rings (SSSR count). The van der Waals surface area contributed by atoms with Gasteiger partial charge in [0.15, 0.2) is 5.96 Å². The number of halogens is 2. The molecule has 0 saturated heterocycles. The van der Waals surface area contributed by atoms with Gasteiger partial charge in [0.1, 0.15) is 0 Å². The standard InChI is InChI=1S/C19H30BrN5O2.HI/c1-5-21-19(24(4)14-18(27)25(6-2)7-3)22-13-12-17(26)23-16-10-8-15(20)9-11-16;/h8-11H,5-7,12-14H2,1-4H3,(H,21,22)(H,23,26);1H. The minimum absolute atomic E-state index is 0. The summed E-state index contributed by atoms with van der Waals surface area (Å²) in [6, 6.07) is 7.42. The number of aliphatic imine (C=N–C) groups is 1. The monoisotopic (exact) mass is 567 g/mol. The van der Waals surface area contributed by atoms with E-state index >= 15 is 0 Å². The van der Waals surface area contributed by atoms with Crippen molar-refractivity contribution in [2.75, 3.05) is 45.1 Å². The molecule has 0 spiro atoms. The van der Waals surface area contributed by atoms with Gasteiger partial charge in [0.2, 0.25) is 11.8 Å². The van der Waals surface area contributed by atoms with E-state index in [1.54, 1.807) is 9.80 Å². The van der Waals surface area contributed by atoms with Gasteiger partial charge in [0.05, 0.1) is 13.1 Å². The predicted molar refractivity (Wildman–Crippen MR) is 129 cm³/mol. The van der Waals surface area contributed by atoms with Crippen molar-refractivity contribution in [3.05, 3.63) is 28.7 Å². The van der Waals surface area contributed by atoms with Crippen molar-refractivity contribution in [1.29, 1.82) is 0 Å².